The van der Waals surface area contributed by atoms with E-state index in [0.717, 1.165) is 0 Å². The van der Waals surface area contributed by atoms with Gasteiger partial charge in [-0.3, -0.25) is 0 Å². The van der Waals surface area contributed by atoms with Gasteiger partial charge in [-0.25, -0.2) is 4.79 Å². The van der Waals surface area contributed by atoms with Crippen LogP contribution in [0.15, 0.2) is 0 Å². The number of nitrogens with zero attached hydrogens (tertiary/aromatic N) is 2. The number of hydrogen-bond donors (Lipinski definition) is 4. The Morgan fingerprint density at radius 2 is 0.850 bits per heavy atom. The van der Waals surface area contributed by atoms with Crippen LogP contribution < -0.4 is 0 Å². The number of rotatable bonds is 12. The summed E-state index contributed by atoms with van der Waals surface area (Å²) in [5.41, 5.74) is 0. The van der Waals surface area contributed by atoms with Gasteiger partial charge in [-0.05, 0) is 25.7 Å². The molecule has 0 aliphatic heterocycles. The number of urea groups is 1. The van der Waals surface area contributed by atoms with E-state index in [0.29, 0.717) is 51.9 Å². The molecule has 7 heteroatoms. The molecule has 0 rings (SSSR count). The largest absolute Gasteiger partial charge is 0.396 e. The van der Waals surface area contributed by atoms with Crippen LogP contribution in [0.25, 0.3) is 0 Å². The zero-order chi connectivity index (χ0) is 15.2. The molecule has 0 aromatic heterocycles. The molecule has 120 valence electrons. The topological polar surface area (TPSA) is 104 Å². The Balaban J connectivity index is 4.54. The summed E-state index contributed by atoms with van der Waals surface area (Å²) in [5.74, 6) is 0. The minimum Gasteiger partial charge on any atom is -0.396 e. The van der Waals surface area contributed by atoms with Gasteiger partial charge in [-0.2, -0.15) is 0 Å². The summed E-state index contributed by atoms with van der Waals surface area (Å²) in [6, 6.07) is -0.172. The van der Waals surface area contributed by atoms with Crippen LogP contribution in [-0.2, 0) is 0 Å². The average molecular weight is 292 g/mol. The summed E-state index contributed by atoms with van der Waals surface area (Å²) in [6.07, 6.45) is 1.96. The molecule has 2 amide bonds. The molecule has 7 nitrogen and oxygen atoms in total. The van der Waals surface area contributed by atoms with E-state index < -0.39 is 0 Å². The first kappa shape index (κ1) is 19.1. The molecule has 0 bridgehead atoms. The SMILES string of the molecule is O=C(N(CCCO)CCCO)N(CCCO)CCCO. The Bertz CT molecular complexity index is 203. The summed E-state index contributed by atoms with van der Waals surface area (Å²) in [6.45, 7) is 1.78. The van der Waals surface area contributed by atoms with Crippen molar-refractivity contribution in [3.8, 4) is 0 Å². The number of aliphatic hydroxyl groups is 4. The molecule has 0 saturated heterocycles. The summed E-state index contributed by atoms with van der Waals surface area (Å²) < 4.78 is 0. The predicted octanol–water partition coefficient (Wildman–Crippen LogP) is -0.760. The van der Waals surface area contributed by atoms with Crippen molar-refractivity contribution in [3.63, 3.8) is 0 Å². The van der Waals surface area contributed by atoms with Crippen LogP contribution in [-0.4, -0.2) is 88.9 Å². The van der Waals surface area contributed by atoms with Crippen molar-refractivity contribution < 1.29 is 25.2 Å². The fourth-order valence-electron chi connectivity index (χ4n) is 1.85. The lowest BCUT2D eigenvalue weighted by atomic mass is 10.3. The van der Waals surface area contributed by atoms with E-state index >= 15 is 0 Å². The molecule has 0 radical (unpaired) electrons. The van der Waals surface area contributed by atoms with E-state index in [1.165, 1.54) is 0 Å². The van der Waals surface area contributed by atoms with Crippen LogP contribution in [0.2, 0.25) is 0 Å². The molecule has 0 aliphatic carbocycles. The highest BCUT2D eigenvalue weighted by atomic mass is 16.3. The molecule has 0 saturated carbocycles. The fraction of sp³-hybridized carbons (Fsp3) is 0.923. The number of amides is 2. The van der Waals surface area contributed by atoms with E-state index in [4.69, 9.17) is 20.4 Å². The van der Waals surface area contributed by atoms with E-state index in [-0.39, 0.29) is 32.5 Å². The molecule has 0 spiro atoms. The minimum absolute atomic E-state index is 0.0101. The maximum atomic E-state index is 12.4. The summed E-state index contributed by atoms with van der Waals surface area (Å²) in [4.78, 5) is 15.6. The molecule has 20 heavy (non-hydrogen) atoms. The average Bonchev–Trinajstić information content (AvgIpc) is 2.47. The third kappa shape index (κ3) is 8.31. The molecular weight excluding hydrogens is 264 g/mol. The predicted molar refractivity (Wildman–Crippen MR) is 75.4 cm³/mol. The van der Waals surface area contributed by atoms with Gasteiger partial charge in [0.15, 0.2) is 0 Å². The first-order valence-electron chi connectivity index (χ1n) is 7.18. The molecular formula is C13H28N2O5. The van der Waals surface area contributed by atoms with E-state index in [1.807, 2.05) is 0 Å². The lowest BCUT2D eigenvalue weighted by molar-refractivity contribution is 0.135. The number of aliphatic hydroxyl groups excluding tert-OH is 4. The minimum atomic E-state index is -0.172. The van der Waals surface area contributed by atoms with Crippen molar-refractivity contribution in [2.24, 2.45) is 0 Å². The summed E-state index contributed by atoms with van der Waals surface area (Å²) in [7, 11) is 0. The highest BCUT2D eigenvalue weighted by Crippen LogP contribution is 2.04. The fourth-order valence-corrected chi connectivity index (χ4v) is 1.85. The Morgan fingerprint density at radius 1 is 0.600 bits per heavy atom. The third-order valence-electron chi connectivity index (χ3n) is 2.89. The number of carbonyl (C=O) groups is 1. The summed E-state index contributed by atoms with van der Waals surface area (Å²) in [5, 5.41) is 35.5. The molecule has 4 N–H and O–H groups in total. The van der Waals surface area contributed by atoms with Crippen LogP contribution in [0.4, 0.5) is 4.79 Å². The highest BCUT2D eigenvalue weighted by Gasteiger charge is 2.19. The molecule has 0 atom stereocenters. The molecule has 0 aromatic rings. The Morgan fingerprint density at radius 3 is 1.05 bits per heavy atom. The van der Waals surface area contributed by atoms with Gasteiger partial charge in [0.05, 0.1) is 0 Å². The molecule has 0 unspecified atom stereocenters. The molecule has 0 aromatic carbocycles. The summed E-state index contributed by atoms with van der Waals surface area (Å²) >= 11 is 0. The van der Waals surface area contributed by atoms with E-state index in [9.17, 15) is 4.79 Å². The Kier molecular flexibility index (Phi) is 12.5. The van der Waals surface area contributed by atoms with Crippen molar-refractivity contribution in [2.45, 2.75) is 25.7 Å². The van der Waals surface area contributed by atoms with Gasteiger partial charge in [0.25, 0.3) is 0 Å². The van der Waals surface area contributed by atoms with Gasteiger partial charge in [0.1, 0.15) is 0 Å². The number of carbonyl (C=O) groups excluding carboxylic acids is 1. The Labute approximate surface area is 120 Å². The monoisotopic (exact) mass is 292 g/mol. The standard InChI is InChI=1S/C13H28N2O5/c16-9-1-5-14(6-2-10-17)13(20)15(7-3-11-18)8-4-12-19/h16-19H,1-12H2. The van der Waals surface area contributed by atoms with Crippen LogP contribution in [0.3, 0.4) is 0 Å². The molecule has 0 fully saturated rings. The lowest BCUT2D eigenvalue weighted by Crippen LogP contribution is -2.45. The first-order valence-corrected chi connectivity index (χ1v) is 7.18. The van der Waals surface area contributed by atoms with Crippen molar-refractivity contribution >= 4 is 6.03 Å². The second kappa shape index (κ2) is 13.1. The van der Waals surface area contributed by atoms with Gasteiger partial charge >= 0.3 is 6.03 Å². The smallest absolute Gasteiger partial charge is 0.320 e. The lowest BCUT2D eigenvalue weighted by Gasteiger charge is -2.30. The van der Waals surface area contributed by atoms with E-state index in [2.05, 4.69) is 0 Å². The van der Waals surface area contributed by atoms with Gasteiger partial charge in [0, 0.05) is 52.6 Å². The van der Waals surface area contributed by atoms with Crippen molar-refractivity contribution in [3.05, 3.63) is 0 Å². The maximum absolute atomic E-state index is 12.4. The van der Waals surface area contributed by atoms with Crippen LogP contribution in [0.1, 0.15) is 25.7 Å². The van der Waals surface area contributed by atoms with Crippen LogP contribution in [0.5, 0.6) is 0 Å². The van der Waals surface area contributed by atoms with Crippen molar-refractivity contribution in [2.75, 3.05) is 52.6 Å². The van der Waals surface area contributed by atoms with Crippen LogP contribution in [0, 0.1) is 0 Å². The quantitative estimate of drug-likeness (QED) is 0.378. The number of hydrogen-bond acceptors (Lipinski definition) is 5. The van der Waals surface area contributed by atoms with Gasteiger partial charge < -0.3 is 30.2 Å². The van der Waals surface area contributed by atoms with Crippen molar-refractivity contribution in [1.82, 2.24) is 9.80 Å². The van der Waals surface area contributed by atoms with Crippen LogP contribution >= 0.6 is 0 Å². The third-order valence-corrected chi connectivity index (χ3v) is 2.89. The normalized spacial score (nSPS) is 10.6. The molecule has 0 aliphatic rings. The van der Waals surface area contributed by atoms with Crippen molar-refractivity contribution in [1.29, 1.82) is 0 Å². The zero-order valence-corrected chi connectivity index (χ0v) is 12.1. The Hall–Kier alpha value is -0.890. The molecule has 0 heterocycles. The van der Waals surface area contributed by atoms with Gasteiger partial charge in [-0.1, -0.05) is 0 Å². The zero-order valence-electron chi connectivity index (χ0n) is 12.1. The highest BCUT2D eigenvalue weighted by molar-refractivity contribution is 5.74. The second-order valence-corrected chi connectivity index (χ2v) is 4.57. The van der Waals surface area contributed by atoms with Gasteiger partial charge in [0.2, 0.25) is 0 Å². The first-order chi connectivity index (χ1) is 9.71. The van der Waals surface area contributed by atoms with E-state index in [1.54, 1.807) is 9.80 Å². The van der Waals surface area contributed by atoms with Gasteiger partial charge in [-0.15, -0.1) is 0 Å². The maximum Gasteiger partial charge on any atom is 0.320 e. The second-order valence-electron chi connectivity index (χ2n) is 4.57.